The smallest absolute Gasteiger partial charge is 0.134 e. The molecule has 21 heavy (non-hydrogen) atoms. The van der Waals surface area contributed by atoms with Gasteiger partial charge in [-0.2, -0.15) is 0 Å². The van der Waals surface area contributed by atoms with Gasteiger partial charge in [0, 0.05) is 22.4 Å². The molecule has 112 valence electrons. The molecule has 0 unspecified atom stereocenters. The Hall–Kier alpha value is -1.88. The number of halogens is 1. The van der Waals surface area contributed by atoms with E-state index in [4.69, 9.17) is 15.2 Å². The molecular formula is C16H18FNO2S. The molecule has 2 rings (SSSR count). The monoisotopic (exact) mass is 307 g/mol. The van der Waals surface area contributed by atoms with Crippen molar-refractivity contribution in [2.45, 2.75) is 11.3 Å². The molecule has 0 fully saturated rings. The highest BCUT2D eigenvalue weighted by Gasteiger charge is 2.04. The second-order valence-electron chi connectivity index (χ2n) is 4.41. The molecule has 2 aromatic rings. The van der Waals surface area contributed by atoms with Crippen LogP contribution in [0.25, 0.3) is 0 Å². The first-order valence-corrected chi connectivity index (χ1v) is 7.62. The molecule has 0 aliphatic rings. The second-order valence-corrected chi connectivity index (χ2v) is 5.55. The minimum atomic E-state index is -0.256. The van der Waals surface area contributed by atoms with Crippen LogP contribution in [0.4, 0.5) is 10.1 Å². The molecule has 0 saturated heterocycles. The summed E-state index contributed by atoms with van der Waals surface area (Å²) in [5.74, 6) is 2.13. The van der Waals surface area contributed by atoms with E-state index in [-0.39, 0.29) is 5.82 Å². The molecule has 0 atom stereocenters. The maximum Gasteiger partial charge on any atom is 0.134 e. The largest absolute Gasteiger partial charge is 0.496 e. The first kappa shape index (κ1) is 15.5. The summed E-state index contributed by atoms with van der Waals surface area (Å²) in [6, 6.07) is 11.7. The number of hydrogen-bond acceptors (Lipinski definition) is 4. The van der Waals surface area contributed by atoms with E-state index in [1.165, 1.54) is 12.1 Å². The van der Waals surface area contributed by atoms with Gasteiger partial charge in [0.15, 0.2) is 0 Å². The van der Waals surface area contributed by atoms with Crippen molar-refractivity contribution in [1.29, 1.82) is 0 Å². The molecule has 0 bridgehead atoms. The number of anilines is 1. The van der Waals surface area contributed by atoms with Crippen LogP contribution >= 0.6 is 11.8 Å². The molecule has 2 aromatic carbocycles. The highest BCUT2D eigenvalue weighted by Crippen LogP contribution is 2.31. The van der Waals surface area contributed by atoms with Crippen LogP contribution in [0.1, 0.15) is 6.42 Å². The highest BCUT2D eigenvalue weighted by atomic mass is 32.2. The number of nitrogen functional groups attached to an aromatic ring is 1. The Labute approximate surface area is 128 Å². The summed E-state index contributed by atoms with van der Waals surface area (Å²) in [4.78, 5) is 1.06. The van der Waals surface area contributed by atoms with Crippen LogP contribution in [0.5, 0.6) is 11.5 Å². The lowest BCUT2D eigenvalue weighted by atomic mass is 10.3. The molecule has 0 spiro atoms. The van der Waals surface area contributed by atoms with E-state index in [9.17, 15) is 4.39 Å². The topological polar surface area (TPSA) is 44.5 Å². The Morgan fingerprint density at radius 2 is 1.90 bits per heavy atom. The van der Waals surface area contributed by atoms with Gasteiger partial charge in [0.1, 0.15) is 17.3 Å². The molecule has 0 amide bonds. The van der Waals surface area contributed by atoms with Crippen LogP contribution in [0.15, 0.2) is 47.4 Å². The molecule has 0 saturated carbocycles. The number of thioether (sulfide) groups is 1. The van der Waals surface area contributed by atoms with Crippen molar-refractivity contribution in [2.75, 3.05) is 25.2 Å². The van der Waals surface area contributed by atoms with Crippen molar-refractivity contribution in [3.63, 3.8) is 0 Å². The van der Waals surface area contributed by atoms with E-state index < -0.39 is 0 Å². The average molecular weight is 307 g/mol. The lowest BCUT2D eigenvalue weighted by molar-refractivity contribution is 0.318. The van der Waals surface area contributed by atoms with Crippen LogP contribution in [0.2, 0.25) is 0 Å². The summed E-state index contributed by atoms with van der Waals surface area (Å²) in [6.45, 7) is 0.593. The number of hydrogen-bond donors (Lipinski definition) is 1. The summed E-state index contributed by atoms with van der Waals surface area (Å²) in [7, 11) is 1.64. The maximum atomic E-state index is 12.7. The van der Waals surface area contributed by atoms with Gasteiger partial charge in [-0.1, -0.05) is 0 Å². The third-order valence-electron chi connectivity index (χ3n) is 2.82. The first-order valence-electron chi connectivity index (χ1n) is 6.64. The Morgan fingerprint density at radius 3 is 2.62 bits per heavy atom. The van der Waals surface area contributed by atoms with E-state index in [0.717, 1.165) is 22.8 Å². The number of rotatable bonds is 7. The molecule has 2 N–H and O–H groups in total. The van der Waals surface area contributed by atoms with E-state index in [2.05, 4.69) is 0 Å². The SMILES string of the molecule is COc1cc(N)ccc1SCCCOc1ccc(F)cc1. The number of methoxy groups -OCH3 is 1. The Morgan fingerprint density at radius 1 is 1.14 bits per heavy atom. The van der Waals surface area contributed by atoms with Crippen LogP contribution in [-0.4, -0.2) is 19.5 Å². The quantitative estimate of drug-likeness (QED) is 0.477. The van der Waals surface area contributed by atoms with Crippen molar-refractivity contribution in [3.05, 3.63) is 48.3 Å². The van der Waals surface area contributed by atoms with Gasteiger partial charge < -0.3 is 15.2 Å². The predicted octanol–water partition coefficient (Wildman–Crippen LogP) is 3.98. The molecule has 3 nitrogen and oxygen atoms in total. The predicted molar refractivity (Wildman–Crippen MR) is 84.6 cm³/mol. The van der Waals surface area contributed by atoms with Crippen LogP contribution in [0.3, 0.4) is 0 Å². The summed E-state index contributed by atoms with van der Waals surface area (Å²) < 4.78 is 23.6. The number of ether oxygens (including phenoxy) is 2. The van der Waals surface area contributed by atoms with Crippen molar-refractivity contribution in [1.82, 2.24) is 0 Å². The molecule has 0 heterocycles. The number of nitrogens with two attached hydrogens (primary N) is 1. The third-order valence-corrected chi connectivity index (χ3v) is 3.96. The van der Waals surface area contributed by atoms with Crippen LogP contribution in [-0.2, 0) is 0 Å². The van der Waals surface area contributed by atoms with Crippen molar-refractivity contribution >= 4 is 17.4 Å². The van der Waals surface area contributed by atoms with Crippen molar-refractivity contribution in [2.24, 2.45) is 0 Å². The fourth-order valence-corrected chi connectivity index (χ4v) is 2.70. The minimum absolute atomic E-state index is 0.256. The first-order chi connectivity index (χ1) is 10.2. The fourth-order valence-electron chi connectivity index (χ4n) is 1.77. The Balaban J connectivity index is 1.73. The third kappa shape index (κ3) is 4.86. The van der Waals surface area contributed by atoms with Gasteiger partial charge in [-0.05, 0) is 42.8 Å². The number of benzene rings is 2. The molecule has 0 aliphatic heterocycles. The summed E-state index contributed by atoms with van der Waals surface area (Å²) >= 11 is 1.70. The zero-order chi connectivity index (χ0) is 15.1. The standard InChI is InChI=1S/C16H18FNO2S/c1-19-15-11-13(18)5-8-16(15)21-10-2-9-20-14-6-3-12(17)4-7-14/h3-8,11H,2,9-10,18H2,1H3. The van der Waals surface area contributed by atoms with Gasteiger partial charge in [-0.15, -0.1) is 11.8 Å². The molecule has 0 aromatic heterocycles. The zero-order valence-electron chi connectivity index (χ0n) is 11.8. The van der Waals surface area contributed by atoms with Crippen molar-refractivity contribution in [3.8, 4) is 11.5 Å². The lowest BCUT2D eigenvalue weighted by Gasteiger charge is -2.09. The van der Waals surface area contributed by atoms with Gasteiger partial charge >= 0.3 is 0 Å². The maximum absolute atomic E-state index is 12.7. The Kier molecular flexibility index (Phi) is 5.75. The lowest BCUT2D eigenvalue weighted by Crippen LogP contribution is -1.99. The van der Waals surface area contributed by atoms with Crippen LogP contribution in [0, 0.1) is 5.82 Å². The van der Waals surface area contributed by atoms with Gasteiger partial charge in [0.2, 0.25) is 0 Å². The summed E-state index contributed by atoms with van der Waals surface area (Å²) in [5.41, 5.74) is 6.41. The normalized spacial score (nSPS) is 10.4. The second kappa shape index (κ2) is 7.78. The molecule has 0 radical (unpaired) electrons. The Bertz CT molecular complexity index is 575. The van der Waals surface area contributed by atoms with Crippen molar-refractivity contribution < 1.29 is 13.9 Å². The van der Waals surface area contributed by atoms with Gasteiger partial charge in [-0.25, -0.2) is 4.39 Å². The van der Waals surface area contributed by atoms with E-state index in [1.54, 1.807) is 31.0 Å². The van der Waals surface area contributed by atoms with E-state index in [0.29, 0.717) is 18.0 Å². The highest BCUT2D eigenvalue weighted by molar-refractivity contribution is 7.99. The summed E-state index contributed by atoms with van der Waals surface area (Å²) in [5, 5.41) is 0. The van der Waals surface area contributed by atoms with Gasteiger partial charge in [-0.3, -0.25) is 0 Å². The minimum Gasteiger partial charge on any atom is -0.496 e. The van der Waals surface area contributed by atoms with E-state index >= 15 is 0 Å². The summed E-state index contributed by atoms with van der Waals surface area (Å²) in [6.07, 6.45) is 0.884. The molecular weight excluding hydrogens is 289 g/mol. The van der Waals surface area contributed by atoms with E-state index in [1.807, 2.05) is 18.2 Å². The fraction of sp³-hybridized carbons (Fsp3) is 0.250. The molecule has 0 aliphatic carbocycles. The van der Waals surface area contributed by atoms with Gasteiger partial charge in [0.25, 0.3) is 0 Å². The average Bonchev–Trinajstić information content (AvgIpc) is 2.50. The zero-order valence-corrected chi connectivity index (χ0v) is 12.7. The van der Waals surface area contributed by atoms with Crippen LogP contribution < -0.4 is 15.2 Å². The molecule has 5 heteroatoms. The van der Waals surface area contributed by atoms with Gasteiger partial charge in [0.05, 0.1) is 13.7 Å².